The highest BCUT2D eigenvalue weighted by Crippen LogP contribution is 2.32. The van der Waals surface area contributed by atoms with E-state index in [1.54, 1.807) is 6.92 Å². The van der Waals surface area contributed by atoms with E-state index in [1.807, 2.05) is 0 Å². The van der Waals surface area contributed by atoms with E-state index in [9.17, 15) is 26.4 Å². The third-order valence-electron chi connectivity index (χ3n) is 3.87. The molecular weight excluding hydrogens is 347 g/mol. The van der Waals surface area contributed by atoms with Gasteiger partial charge in [-0.2, -0.15) is 17.5 Å². The number of hydrogen-bond donors (Lipinski definition) is 0. The Balaban J connectivity index is 2.14. The van der Waals surface area contributed by atoms with Gasteiger partial charge in [-0.1, -0.05) is 6.07 Å². The van der Waals surface area contributed by atoms with Crippen molar-refractivity contribution in [1.29, 1.82) is 0 Å². The minimum absolute atomic E-state index is 0.0715. The smallest absolute Gasteiger partial charge is 0.416 e. The lowest BCUT2D eigenvalue weighted by atomic mass is 9.98. The van der Waals surface area contributed by atoms with Crippen LogP contribution in [0.4, 0.5) is 13.2 Å². The van der Waals surface area contributed by atoms with Gasteiger partial charge >= 0.3 is 12.1 Å². The first-order valence-electron chi connectivity index (χ1n) is 7.50. The molecule has 1 aliphatic heterocycles. The van der Waals surface area contributed by atoms with Crippen LogP contribution in [0.2, 0.25) is 0 Å². The molecule has 0 amide bonds. The summed E-state index contributed by atoms with van der Waals surface area (Å²) in [6.07, 6.45) is -4.03. The van der Waals surface area contributed by atoms with Crippen molar-refractivity contribution in [3.8, 4) is 0 Å². The Morgan fingerprint density at radius 1 is 1.29 bits per heavy atom. The van der Waals surface area contributed by atoms with E-state index < -0.39 is 26.7 Å². The number of piperidine rings is 1. The average Bonchev–Trinajstić information content (AvgIpc) is 2.54. The molecule has 1 heterocycles. The zero-order chi connectivity index (χ0) is 18.0. The van der Waals surface area contributed by atoms with Crippen LogP contribution in [-0.2, 0) is 25.7 Å². The summed E-state index contributed by atoms with van der Waals surface area (Å²) >= 11 is 0. The van der Waals surface area contributed by atoms with Crippen molar-refractivity contribution in [1.82, 2.24) is 4.31 Å². The maximum atomic E-state index is 12.8. The van der Waals surface area contributed by atoms with Crippen LogP contribution in [0, 0.1) is 5.92 Å². The normalized spacial score (nSPS) is 17.7. The first kappa shape index (κ1) is 18.7. The standard InChI is InChI=1S/C15H18F3NO4S/c1-2-23-14(20)11-6-8-19(9-7-11)24(21,22)13-5-3-4-12(10-13)15(16,17)18/h3-5,10-11H,2,6-9H2,1H3. The fourth-order valence-corrected chi connectivity index (χ4v) is 4.09. The number of sulfonamides is 1. The van der Waals surface area contributed by atoms with Gasteiger partial charge in [0.05, 0.1) is 23.0 Å². The molecule has 24 heavy (non-hydrogen) atoms. The minimum Gasteiger partial charge on any atom is -0.466 e. The summed E-state index contributed by atoms with van der Waals surface area (Å²) in [5, 5.41) is 0. The van der Waals surface area contributed by atoms with Crippen molar-refractivity contribution in [2.75, 3.05) is 19.7 Å². The molecule has 1 aromatic rings. The molecule has 5 nitrogen and oxygen atoms in total. The second kappa shape index (κ2) is 7.10. The van der Waals surface area contributed by atoms with Crippen LogP contribution in [0.25, 0.3) is 0 Å². The summed E-state index contributed by atoms with van der Waals surface area (Å²) < 4.78 is 69.3. The molecule has 1 fully saturated rings. The zero-order valence-corrected chi connectivity index (χ0v) is 13.9. The van der Waals surface area contributed by atoms with Gasteiger partial charge in [-0.3, -0.25) is 4.79 Å². The maximum absolute atomic E-state index is 12.8. The van der Waals surface area contributed by atoms with Gasteiger partial charge in [-0.25, -0.2) is 8.42 Å². The number of carbonyl (C=O) groups excluding carboxylic acids is 1. The number of carbonyl (C=O) groups is 1. The molecule has 0 spiro atoms. The van der Waals surface area contributed by atoms with Crippen molar-refractivity contribution < 1.29 is 31.1 Å². The number of nitrogens with zero attached hydrogens (tertiary/aromatic N) is 1. The SMILES string of the molecule is CCOC(=O)C1CCN(S(=O)(=O)c2cccc(C(F)(F)F)c2)CC1. The number of hydrogen-bond acceptors (Lipinski definition) is 4. The van der Waals surface area contributed by atoms with Crippen LogP contribution >= 0.6 is 0 Å². The Bertz CT molecular complexity index is 695. The summed E-state index contributed by atoms with van der Waals surface area (Å²) in [6, 6.07) is 3.67. The maximum Gasteiger partial charge on any atom is 0.416 e. The third-order valence-corrected chi connectivity index (χ3v) is 5.77. The van der Waals surface area contributed by atoms with Crippen molar-refractivity contribution >= 4 is 16.0 Å². The molecule has 0 bridgehead atoms. The van der Waals surface area contributed by atoms with E-state index in [0.717, 1.165) is 22.5 Å². The summed E-state index contributed by atoms with van der Waals surface area (Å²) in [6.45, 7) is 2.08. The number of alkyl halides is 3. The summed E-state index contributed by atoms with van der Waals surface area (Å²) in [5.41, 5.74) is -1.01. The fourth-order valence-electron chi connectivity index (χ4n) is 2.57. The zero-order valence-electron chi connectivity index (χ0n) is 13.0. The lowest BCUT2D eigenvalue weighted by Crippen LogP contribution is -2.40. The van der Waals surface area contributed by atoms with E-state index in [1.165, 1.54) is 0 Å². The summed E-state index contributed by atoms with van der Waals surface area (Å²) in [5.74, 6) is -0.744. The molecule has 1 saturated heterocycles. The van der Waals surface area contributed by atoms with Gasteiger partial charge in [0, 0.05) is 13.1 Å². The quantitative estimate of drug-likeness (QED) is 0.770. The van der Waals surface area contributed by atoms with E-state index in [-0.39, 0.29) is 44.4 Å². The van der Waals surface area contributed by atoms with Crippen molar-refractivity contribution in [2.45, 2.75) is 30.8 Å². The van der Waals surface area contributed by atoms with Gasteiger partial charge in [0.1, 0.15) is 0 Å². The Morgan fingerprint density at radius 3 is 2.46 bits per heavy atom. The van der Waals surface area contributed by atoms with E-state index in [2.05, 4.69) is 0 Å². The van der Waals surface area contributed by atoms with Crippen LogP contribution in [0.1, 0.15) is 25.3 Å². The van der Waals surface area contributed by atoms with Gasteiger partial charge in [0.2, 0.25) is 10.0 Å². The molecule has 0 atom stereocenters. The molecule has 9 heteroatoms. The first-order chi connectivity index (χ1) is 11.2. The number of halogens is 3. The van der Waals surface area contributed by atoms with Gasteiger partial charge in [-0.15, -0.1) is 0 Å². The highest BCUT2D eigenvalue weighted by Gasteiger charge is 2.35. The molecule has 0 aromatic heterocycles. The largest absolute Gasteiger partial charge is 0.466 e. The molecule has 0 N–H and O–H groups in total. The molecule has 0 radical (unpaired) electrons. The Kier molecular flexibility index (Phi) is 5.54. The second-order valence-electron chi connectivity index (χ2n) is 5.46. The van der Waals surface area contributed by atoms with E-state index >= 15 is 0 Å². The molecule has 0 saturated carbocycles. The van der Waals surface area contributed by atoms with Crippen molar-refractivity contribution in [3.05, 3.63) is 29.8 Å². The predicted octanol–water partition coefficient (Wildman–Crippen LogP) is 2.67. The number of benzene rings is 1. The third kappa shape index (κ3) is 4.07. The molecule has 2 rings (SSSR count). The van der Waals surface area contributed by atoms with E-state index in [4.69, 9.17) is 4.74 Å². The lowest BCUT2D eigenvalue weighted by molar-refractivity contribution is -0.149. The van der Waals surface area contributed by atoms with Crippen LogP contribution in [-0.4, -0.2) is 38.4 Å². The van der Waals surface area contributed by atoms with Gasteiger partial charge < -0.3 is 4.74 Å². The molecule has 1 aromatic carbocycles. The highest BCUT2D eigenvalue weighted by atomic mass is 32.2. The monoisotopic (exact) mass is 365 g/mol. The number of esters is 1. The second-order valence-corrected chi connectivity index (χ2v) is 7.39. The fraction of sp³-hybridized carbons (Fsp3) is 0.533. The van der Waals surface area contributed by atoms with E-state index in [0.29, 0.717) is 6.07 Å². The topological polar surface area (TPSA) is 63.7 Å². The minimum atomic E-state index is -4.61. The first-order valence-corrected chi connectivity index (χ1v) is 8.94. The Morgan fingerprint density at radius 2 is 1.92 bits per heavy atom. The van der Waals surface area contributed by atoms with Crippen LogP contribution in [0.3, 0.4) is 0 Å². The van der Waals surface area contributed by atoms with Crippen molar-refractivity contribution in [2.24, 2.45) is 5.92 Å². The average molecular weight is 365 g/mol. The van der Waals surface area contributed by atoms with Crippen LogP contribution < -0.4 is 0 Å². The van der Waals surface area contributed by atoms with Gasteiger partial charge in [-0.05, 0) is 38.0 Å². The summed E-state index contributed by atoms with van der Waals surface area (Å²) in [4.78, 5) is 11.3. The molecule has 134 valence electrons. The van der Waals surface area contributed by atoms with Gasteiger partial charge in [0.25, 0.3) is 0 Å². The Hall–Kier alpha value is -1.61. The highest BCUT2D eigenvalue weighted by molar-refractivity contribution is 7.89. The van der Waals surface area contributed by atoms with Crippen LogP contribution in [0.5, 0.6) is 0 Å². The molecule has 0 aliphatic carbocycles. The lowest BCUT2D eigenvalue weighted by Gasteiger charge is -2.30. The molecule has 1 aliphatic rings. The summed E-state index contributed by atoms with van der Waals surface area (Å²) in [7, 11) is -4.03. The predicted molar refractivity (Wildman–Crippen MR) is 79.6 cm³/mol. The van der Waals surface area contributed by atoms with Gasteiger partial charge in [0.15, 0.2) is 0 Å². The molecular formula is C15H18F3NO4S. The van der Waals surface area contributed by atoms with Crippen LogP contribution in [0.15, 0.2) is 29.2 Å². The number of rotatable bonds is 4. The molecule has 0 unspecified atom stereocenters. The number of ether oxygens (including phenoxy) is 1. The Labute approximate surface area is 138 Å². The van der Waals surface area contributed by atoms with Crippen molar-refractivity contribution in [3.63, 3.8) is 0 Å².